The zero-order valence-electron chi connectivity index (χ0n) is 18.6. The molecule has 0 bridgehead atoms. The molecule has 1 aliphatic heterocycles. The molecule has 0 aliphatic carbocycles. The van der Waals surface area contributed by atoms with Crippen LogP contribution < -0.4 is 14.4 Å². The number of hydrogen-bond acceptors (Lipinski definition) is 7. The van der Waals surface area contributed by atoms with E-state index >= 15 is 0 Å². The summed E-state index contributed by atoms with van der Waals surface area (Å²) in [6, 6.07) is 14.8. The maximum Gasteiger partial charge on any atom is 0.260 e. The van der Waals surface area contributed by atoms with Crippen molar-refractivity contribution in [3.63, 3.8) is 0 Å². The molecule has 34 heavy (non-hydrogen) atoms. The minimum absolute atomic E-state index is 0.0372. The topological polar surface area (TPSA) is 85.6 Å². The number of halogens is 1. The number of piperazine rings is 1. The van der Waals surface area contributed by atoms with E-state index in [1.165, 1.54) is 0 Å². The third kappa shape index (κ3) is 4.34. The van der Waals surface area contributed by atoms with Crippen molar-refractivity contribution in [3.8, 4) is 17.2 Å². The largest absolute Gasteiger partial charge is 0.493 e. The van der Waals surface area contributed by atoms with Gasteiger partial charge in [-0.2, -0.15) is 5.10 Å². The monoisotopic (exact) mass is 478 g/mol. The first-order valence-electron chi connectivity index (χ1n) is 10.9. The van der Waals surface area contributed by atoms with Crippen LogP contribution in [0.4, 0.5) is 5.82 Å². The molecule has 0 spiro atoms. The Morgan fingerprint density at radius 1 is 1.03 bits per heavy atom. The van der Waals surface area contributed by atoms with Crippen LogP contribution >= 0.6 is 11.6 Å². The van der Waals surface area contributed by atoms with E-state index in [0.29, 0.717) is 48.3 Å². The van der Waals surface area contributed by atoms with Crippen LogP contribution in [0.2, 0.25) is 5.02 Å². The molecule has 1 saturated heterocycles. The van der Waals surface area contributed by atoms with Crippen LogP contribution in [0.3, 0.4) is 0 Å². The second-order valence-electron chi connectivity index (χ2n) is 7.78. The van der Waals surface area contributed by atoms with Crippen molar-refractivity contribution >= 4 is 34.4 Å². The molecule has 174 valence electrons. The van der Waals surface area contributed by atoms with Gasteiger partial charge in [0.15, 0.2) is 23.8 Å². The van der Waals surface area contributed by atoms with Crippen LogP contribution in [0.15, 0.2) is 61.1 Å². The highest BCUT2D eigenvalue weighted by molar-refractivity contribution is 6.30. The van der Waals surface area contributed by atoms with Crippen molar-refractivity contribution in [2.45, 2.75) is 0 Å². The fourth-order valence-electron chi connectivity index (χ4n) is 4.02. The number of aromatic nitrogens is 4. The second-order valence-corrected chi connectivity index (χ2v) is 8.21. The molecule has 10 heteroatoms. The number of anilines is 1. The fourth-order valence-corrected chi connectivity index (χ4v) is 4.20. The summed E-state index contributed by atoms with van der Waals surface area (Å²) in [5.41, 5.74) is 1.54. The van der Waals surface area contributed by atoms with Gasteiger partial charge >= 0.3 is 0 Å². The van der Waals surface area contributed by atoms with Crippen molar-refractivity contribution in [2.75, 3.05) is 44.8 Å². The molecule has 1 aliphatic rings. The summed E-state index contributed by atoms with van der Waals surface area (Å²) < 4.78 is 12.7. The Kier molecular flexibility index (Phi) is 6.18. The van der Waals surface area contributed by atoms with E-state index in [9.17, 15) is 4.79 Å². The lowest BCUT2D eigenvalue weighted by molar-refractivity contribution is -0.133. The summed E-state index contributed by atoms with van der Waals surface area (Å²) >= 11 is 6.15. The normalized spacial score (nSPS) is 13.8. The lowest BCUT2D eigenvalue weighted by Crippen LogP contribution is -2.50. The summed E-state index contributed by atoms with van der Waals surface area (Å²) in [5.74, 6) is 1.89. The Morgan fingerprint density at radius 2 is 1.82 bits per heavy atom. The van der Waals surface area contributed by atoms with Gasteiger partial charge in [0.25, 0.3) is 5.91 Å². The maximum atomic E-state index is 12.7. The number of rotatable bonds is 6. The molecule has 0 radical (unpaired) electrons. The van der Waals surface area contributed by atoms with Gasteiger partial charge in [-0.25, -0.2) is 14.6 Å². The highest BCUT2D eigenvalue weighted by Crippen LogP contribution is 2.27. The van der Waals surface area contributed by atoms with Crippen molar-refractivity contribution in [1.82, 2.24) is 24.6 Å². The number of methoxy groups -OCH3 is 1. The number of para-hydroxylation sites is 2. The number of benzene rings is 2. The van der Waals surface area contributed by atoms with E-state index in [-0.39, 0.29) is 12.5 Å². The highest BCUT2D eigenvalue weighted by atomic mass is 35.5. The van der Waals surface area contributed by atoms with Gasteiger partial charge in [-0.05, 0) is 30.3 Å². The highest BCUT2D eigenvalue weighted by Gasteiger charge is 2.24. The van der Waals surface area contributed by atoms with Crippen LogP contribution in [0.5, 0.6) is 11.5 Å². The predicted molar refractivity (Wildman–Crippen MR) is 129 cm³/mol. The standard InChI is InChI=1S/C24H23ClN6O3/c1-33-20-7-2-3-8-21(20)34-15-22(32)29-9-11-30(12-10-29)23-19-14-28-31(24(19)27-16-26-23)18-6-4-5-17(25)13-18/h2-8,13-14,16H,9-12,15H2,1H3. The first kappa shape index (κ1) is 22.0. The Labute approximate surface area is 201 Å². The van der Waals surface area contributed by atoms with Crippen LogP contribution in [0.25, 0.3) is 16.7 Å². The molecule has 2 aromatic carbocycles. The van der Waals surface area contributed by atoms with Gasteiger partial charge in [-0.3, -0.25) is 4.79 Å². The number of carbonyl (C=O) groups excluding carboxylic acids is 1. The molecule has 2 aromatic heterocycles. The zero-order chi connectivity index (χ0) is 23.5. The first-order chi connectivity index (χ1) is 16.6. The van der Waals surface area contributed by atoms with Gasteiger partial charge in [0.1, 0.15) is 12.1 Å². The zero-order valence-corrected chi connectivity index (χ0v) is 19.4. The Hall–Kier alpha value is -3.85. The summed E-state index contributed by atoms with van der Waals surface area (Å²) in [7, 11) is 1.58. The maximum absolute atomic E-state index is 12.7. The number of hydrogen-bond donors (Lipinski definition) is 0. The molecule has 0 atom stereocenters. The summed E-state index contributed by atoms with van der Waals surface area (Å²) in [6.45, 7) is 2.40. The number of carbonyl (C=O) groups is 1. The fraction of sp³-hybridized carbons (Fsp3) is 0.250. The van der Waals surface area contributed by atoms with Crippen molar-refractivity contribution in [3.05, 3.63) is 66.1 Å². The number of amides is 1. The molecule has 9 nitrogen and oxygen atoms in total. The smallest absolute Gasteiger partial charge is 0.260 e. The van der Waals surface area contributed by atoms with Crippen LogP contribution in [0, 0.1) is 0 Å². The lowest BCUT2D eigenvalue weighted by atomic mass is 10.2. The molecular weight excluding hydrogens is 456 g/mol. The number of nitrogens with zero attached hydrogens (tertiary/aromatic N) is 6. The van der Waals surface area contributed by atoms with Crippen LogP contribution in [-0.4, -0.2) is 70.5 Å². The van der Waals surface area contributed by atoms with Gasteiger partial charge in [0.05, 0.1) is 24.4 Å². The van der Waals surface area contributed by atoms with Gasteiger partial charge < -0.3 is 19.3 Å². The molecule has 0 N–H and O–H groups in total. The van der Waals surface area contributed by atoms with Crippen molar-refractivity contribution < 1.29 is 14.3 Å². The Morgan fingerprint density at radius 3 is 2.59 bits per heavy atom. The quantitative estimate of drug-likeness (QED) is 0.420. The predicted octanol–water partition coefficient (Wildman–Crippen LogP) is 3.21. The van der Waals surface area contributed by atoms with Gasteiger partial charge in [0.2, 0.25) is 0 Å². The van der Waals surface area contributed by atoms with E-state index in [1.54, 1.807) is 41.3 Å². The second kappa shape index (κ2) is 9.56. The number of ether oxygens (including phenoxy) is 2. The summed E-state index contributed by atoms with van der Waals surface area (Å²) in [5, 5.41) is 5.99. The number of fused-ring (bicyclic) bond motifs is 1. The Bertz CT molecular complexity index is 1320. The van der Waals surface area contributed by atoms with E-state index in [4.69, 9.17) is 21.1 Å². The third-order valence-corrected chi connectivity index (χ3v) is 5.98. The first-order valence-corrected chi connectivity index (χ1v) is 11.2. The summed E-state index contributed by atoms with van der Waals surface area (Å²) in [4.78, 5) is 25.6. The Balaban J connectivity index is 1.26. The average Bonchev–Trinajstić information content (AvgIpc) is 3.32. The van der Waals surface area contributed by atoms with Crippen molar-refractivity contribution in [1.29, 1.82) is 0 Å². The molecule has 3 heterocycles. The molecular formula is C24H23ClN6O3. The minimum Gasteiger partial charge on any atom is -0.493 e. The molecule has 4 aromatic rings. The lowest BCUT2D eigenvalue weighted by Gasteiger charge is -2.35. The van der Waals surface area contributed by atoms with Crippen LogP contribution in [-0.2, 0) is 4.79 Å². The molecule has 1 fully saturated rings. The van der Waals surface area contributed by atoms with Gasteiger partial charge in [-0.15, -0.1) is 0 Å². The average molecular weight is 479 g/mol. The molecule has 5 rings (SSSR count). The molecule has 0 saturated carbocycles. The van der Waals surface area contributed by atoms with Crippen LogP contribution in [0.1, 0.15) is 0 Å². The SMILES string of the molecule is COc1ccccc1OCC(=O)N1CCN(c2ncnc3c2cnn3-c2cccc(Cl)c2)CC1. The molecule has 0 unspecified atom stereocenters. The van der Waals surface area contributed by atoms with E-state index in [2.05, 4.69) is 20.0 Å². The van der Waals surface area contributed by atoms with Gasteiger partial charge in [0, 0.05) is 31.2 Å². The van der Waals surface area contributed by atoms with Crippen molar-refractivity contribution in [2.24, 2.45) is 0 Å². The molecule has 1 amide bonds. The minimum atomic E-state index is -0.0628. The van der Waals surface area contributed by atoms with E-state index < -0.39 is 0 Å². The third-order valence-electron chi connectivity index (χ3n) is 5.75. The van der Waals surface area contributed by atoms with E-state index in [1.807, 2.05) is 36.4 Å². The summed E-state index contributed by atoms with van der Waals surface area (Å²) in [6.07, 6.45) is 3.31. The van der Waals surface area contributed by atoms with E-state index in [0.717, 1.165) is 16.9 Å². The van der Waals surface area contributed by atoms with Gasteiger partial charge in [-0.1, -0.05) is 29.8 Å².